The summed E-state index contributed by atoms with van der Waals surface area (Å²) in [6.45, 7) is 2.75. The summed E-state index contributed by atoms with van der Waals surface area (Å²) in [4.78, 5) is 12.2. The number of aromatic nitrogens is 3. The monoisotopic (exact) mass is 344 g/mol. The quantitative estimate of drug-likeness (QED) is 0.791. The van der Waals surface area contributed by atoms with Gasteiger partial charge in [-0.05, 0) is 49.4 Å². The number of nitrogens with one attached hydrogen (secondary N) is 1. The van der Waals surface area contributed by atoms with Crippen LogP contribution in [0.25, 0.3) is 11.0 Å². The molecule has 1 N–H and O–H groups in total. The summed E-state index contributed by atoms with van der Waals surface area (Å²) in [5, 5.41) is 11.0. The zero-order valence-electron chi connectivity index (χ0n) is 11.4. The number of benzene rings is 2. The SMILES string of the molecule is CCn1nnc2cc(C(=O)Nc3ccc(Br)cc3)ccc21. The molecule has 0 bridgehead atoms. The van der Waals surface area contributed by atoms with Crippen LogP contribution in [-0.2, 0) is 6.54 Å². The van der Waals surface area contributed by atoms with Crippen molar-refractivity contribution in [2.75, 3.05) is 5.32 Å². The third kappa shape index (κ3) is 2.80. The van der Waals surface area contributed by atoms with Gasteiger partial charge in [-0.3, -0.25) is 4.79 Å². The molecule has 0 aliphatic heterocycles. The standard InChI is InChI=1S/C15H13BrN4O/c1-2-20-14-8-3-10(9-13(14)18-19-20)15(21)17-12-6-4-11(16)5-7-12/h3-9H,2H2,1H3,(H,17,21). The average Bonchev–Trinajstić information content (AvgIpc) is 2.91. The van der Waals surface area contributed by atoms with Crippen LogP contribution >= 0.6 is 15.9 Å². The van der Waals surface area contributed by atoms with Crippen LogP contribution in [-0.4, -0.2) is 20.9 Å². The van der Waals surface area contributed by atoms with Gasteiger partial charge < -0.3 is 5.32 Å². The fraction of sp³-hybridized carbons (Fsp3) is 0.133. The first-order chi connectivity index (χ1) is 10.2. The van der Waals surface area contributed by atoms with Crippen LogP contribution in [0.3, 0.4) is 0 Å². The average molecular weight is 345 g/mol. The second-order valence-corrected chi connectivity index (χ2v) is 5.49. The van der Waals surface area contributed by atoms with E-state index in [4.69, 9.17) is 0 Å². The van der Waals surface area contributed by atoms with E-state index in [9.17, 15) is 4.79 Å². The van der Waals surface area contributed by atoms with Crippen LogP contribution in [0, 0.1) is 0 Å². The summed E-state index contributed by atoms with van der Waals surface area (Å²) >= 11 is 3.36. The van der Waals surface area contributed by atoms with Gasteiger partial charge in [-0.2, -0.15) is 0 Å². The van der Waals surface area contributed by atoms with E-state index in [0.29, 0.717) is 5.56 Å². The molecule has 0 aliphatic rings. The van der Waals surface area contributed by atoms with E-state index in [1.54, 1.807) is 16.8 Å². The third-order valence-electron chi connectivity index (χ3n) is 3.18. The van der Waals surface area contributed by atoms with Crippen molar-refractivity contribution in [2.45, 2.75) is 13.5 Å². The number of hydrogen-bond donors (Lipinski definition) is 1. The lowest BCUT2D eigenvalue weighted by molar-refractivity contribution is 0.102. The lowest BCUT2D eigenvalue weighted by Gasteiger charge is -2.05. The number of halogens is 1. The van der Waals surface area contributed by atoms with Crippen molar-refractivity contribution in [1.82, 2.24) is 15.0 Å². The van der Waals surface area contributed by atoms with Crippen molar-refractivity contribution < 1.29 is 4.79 Å². The smallest absolute Gasteiger partial charge is 0.255 e. The zero-order chi connectivity index (χ0) is 14.8. The molecule has 3 rings (SSSR count). The lowest BCUT2D eigenvalue weighted by Crippen LogP contribution is -2.11. The lowest BCUT2D eigenvalue weighted by atomic mass is 10.2. The second kappa shape index (κ2) is 5.65. The number of fused-ring (bicyclic) bond motifs is 1. The summed E-state index contributed by atoms with van der Waals surface area (Å²) < 4.78 is 2.77. The van der Waals surface area contributed by atoms with Gasteiger partial charge in [0.2, 0.25) is 0 Å². The number of hydrogen-bond acceptors (Lipinski definition) is 3. The molecule has 0 saturated carbocycles. The Morgan fingerprint density at radius 2 is 2.00 bits per heavy atom. The topological polar surface area (TPSA) is 59.8 Å². The van der Waals surface area contributed by atoms with E-state index in [1.807, 2.05) is 37.3 Å². The van der Waals surface area contributed by atoms with Crippen LogP contribution in [0.4, 0.5) is 5.69 Å². The first kappa shape index (κ1) is 13.8. The fourth-order valence-electron chi connectivity index (χ4n) is 2.08. The number of carbonyl (C=O) groups excluding carboxylic acids is 1. The first-order valence-corrected chi connectivity index (χ1v) is 7.37. The van der Waals surface area contributed by atoms with Gasteiger partial charge in [0.15, 0.2) is 0 Å². The Morgan fingerprint density at radius 3 is 2.71 bits per heavy atom. The molecule has 5 nitrogen and oxygen atoms in total. The number of anilines is 1. The molecule has 0 radical (unpaired) electrons. The van der Waals surface area contributed by atoms with Gasteiger partial charge in [-0.15, -0.1) is 5.10 Å². The Kier molecular flexibility index (Phi) is 3.70. The maximum Gasteiger partial charge on any atom is 0.255 e. The predicted molar refractivity (Wildman–Crippen MR) is 85.3 cm³/mol. The third-order valence-corrected chi connectivity index (χ3v) is 3.71. The molecule has 0 spiro atoms. The van der Waals surface area contributed by atoms with Crippen molar-refractivity contribution >= 4 is 38.6 Å². The molecule has 6 heteroatoms. The molecule has 0 atom stereocenters. The van der Waals surface area contributed by atoms with Gasteiger partial charge in [-0.25, -0.2) is 4.68 Å². The second-order valence-electron chi connectivity index (χ2n) is 4.57. The Labute approximate surface area is 130 Å². The molecular weight excluding hydrogens is 332 g/mol. The molecule has 1 heterocycles. The van der Waals surface area contributed by atoms with Crippen LogP contribution in [0.1, 0.15) is 17.3 Å². The molecule has 2 aromatic carbocycles. The van der Waals surface area contributed by atoms with E-state index in [2.05, 4.69) is 31.6 Å². The predicted octanol–water partition coefficient (Wildman–Crippen LogP) is 3.47. The molecule has 0 saturated heterocycles. The molecule has 0 unspecified atom stereocenters. The molecule has 0 fully saturated rings. The van der Waals surface area contributed by atoms with E-state index in [0.717, 1.165) is 27.7 Å². The van der Waals surface area contributed by atoms with Gasteiger partial charge in [0.05, 0.1) is 5.52 Å². The largest absolute Gasteiger partial charge is 0.322 e. The Hall–Kier alpha value is -2.21. The molecule has 1 aromatic heterocycles. The molecule has 106 valence electrons. The highest BCUT2D eigenvalue weighted by Crippen LogP contribution is 2.17. The minimum absolute atomic E-state index is 0.162. The van der Waals surface area contributed by atoms with Gasteiger partial charge >= 0.3 is 0 Å². The van der Waals surface area contributed by atoms with Gasteiger partial charge in [0.1, 0.15) is 5.52 Å². The van der Waals surface area contributed by atoms with Crippen molar-refractivity contribution in [3.05, 3.63) is 52.5 Å². The number of rotatable bonds is 3. The Balaban J connectivity index is 1.85. The first-order valence-electron chi connectivity index (χ1n) is 6.57. The van der Waals surface area contributed by atoms with E-state index in [-0.39, 0.29) is 5.91 Å². The zero-order valence-corrected chi connectivity index (χ0v) is 13.0. The molecular formula is C15H13BrN4O. The molecule has 0 aliphatic carbocycles. The van der Waals surface area contributed by atoms with Crippen molar-refractivity contribution in [2.24, 2.45) is 0 Å². The number of nitrogens with zero attached hydrogens (tertiary/aromatic N) is 3. The van der Waals surface area contributed by atoms with Crippen LogP contribution in [0.15, 0.2) is 46.9 Å². The summed E-state index contributed by atoms with van der Waals surface area (Å²) in [5.74, 6) is -0.162. The number of amides is 1. The van der Waals surface area contributed by atoms with E-state index >= 15 is 0 Å². The molecule has 1 amide bonds. The summed E-state index contributed by atoms with van der Waals surface area (Å²) in [6, 6.07) is 12.9. The Morgan fingerprint density at radius 1 is 1.24 bits per heavy atom. The molecule has 21 heavy (non-hydrogen) atoms. The van der Waals surface area contributed by atoms with Crippen LogP contribution < -0.4 is 5.32 Å². The number of carbonyl (C=O) groups is 1. The normalized spacial score (nSPS) is 10.8. The minimum Gasteiger partial charge on any atom is -0.322 e. The van der Waals surface area contributed by atoms with Crippen molar-refractivity contribution in [3.63, 3.8) is 0 Å². The maximum absolute atomic E-state index is 12.2. The molecule has 3 aromatic rings. The van der Waals surface area contributed by atoms with Gasteiger partial charge in [0, 0.05) is 22.3 Å². The van der Waals surface area contributed by atoms with Crippen LogP contribution in [0.2, 0.25) is 0 Å². The summed E-state index contributed by atoms with van der Waals surface area (Å²) in [6.07, 6.45) is 0. The van der Waals surface area contributed by atoms with Gasteiger partial charge in [0.25, 0.3) is 5.91 Å². The summed E-state index contributed by atoms with van der Waals surface area (Å²) in [7, 11) is 0. The Bertz CT molecular complexity index is 795. The fourth-order valence-corrected chi connectivity index (χ4v) is 2.35. The number of aryl methyl sites for hydroxylation is 1. The maximum atomic E-state index is 12.2. The minimum atomic E-state index is -0.162. The van der Waals surface area contributed by atoms with Gasteiger partial charge in [-0.1, -0.05) is 21.1 Å². The highest BCUT2D eigenvalue weighted by atomic mass is 79.9. The highest BCUT2D eigenvalue weighted by Gasteiger charge is 2.10. The van der Waals surface area contributed by atoms with Crippen LogP contribution in [0.5, 0.6) is 0 Å². The summed E-state index contributed by atoms with van der Waals surface area (Å²) in [5.41, 5.74) is 2.96. The van der Waals surface area contributed by atoms with E-state index < -0.39 is 0 Å². The highest BCUT2D eigenvalue weighted by molar-refractivity contribution is 9.10. The van der Waals surface area contributed by atoms with Crippen molar-refractivity contribution in [1.29, 1.82) is 0 Å². The van der Waals surface area contributed by atoms with Crippen molar-refractivity contribution in [3.8, 4) is 0 Å². The van der Waals surface area contributed by atoms with E-state index in [1.165, 1.54) is 0 Å².